The fourth-order valence-electron chi connectivity index (χ4n) is 3.47. The molecule has 1 amide bonds. The SMILES string of the molecule is CCC1CCCCN1C(=O)CN1CCC(C(C)N)C1. The van der Waals surface area contributed by atoms with Gasteiger partial charge in [-0.3, -0.25) is 9.69 Å². The molecule has 2 fully saturated rings. The van der Waals surface area contributed by atoms with Crippen molar-refractivity contribution in [1.29, 1.82) is 0 Å². The molecule has 2 aliphatic rings. The summed E-state index contributed by atoms with van der Waals surface area (Å²) in [6.07, 6.45) is 5.87. The zero-order chi connectivity index (χ0) is 13.8. The Labute approximate surface area is 117 Å². The monoisotopic (exact) mass is 267 g/mol. The number of hydrogen-bond acceptors (Lipinski definition) is 3. The van der Waals surface area contributed by atoms with Crippen LogP contribution in [0.5, 0.6) is 0 Å². The quantitative estimate of drug-likeness (QED) is 0.838. The average Bonchev–Trinajstić information content (AvgIpc) is 2.87. The number of hydrogen-bond donors (Lipinski definition) is 1. The Balaban J connectivity index is 1.83. The second kappa shape index (κ2) is 6.71. The molecule has 3 unspecified atom stereocenters. The smallest absolute Gasteiger partial charge is 0.236 e. The van der Waals surface area contributed by atoms with Crippen LogP contribution in [0.15, 0.2) is 0 Å². The zero-order valence-electron chi connectivity index (χ0n) is 12.5. The van der Waals surface area contributed by atoms with E-state index >= 15 is 0 Å². The predicted octanol–water partition coefficient (Wildman–Crippen LogP) is 1.45. The van der Waals surface area contributed by atoms with Crippen LogP contribution in [-0.2, 0) is 4.79 Å². The molecular weight excluding hydrogens is 238 g/mol. The first-order chi connectivity index (χ1) is 9.11. The molecule has 4 nitrogen and oxygen atoms in total. The van der Waals surface area contributed by atoms with Crippen LogP contribution in [0.4, 0.5) is 0 Å². The van der Waals surface area contributed by atoms with Crippen molar-refractivity contribution in [2.24, 2.45) is 11.7 Å². The van der Waals surface area contributed by atoms with Crippen molar-refractivity contribution in [3.63, 3.8) is 0 Å². The molecule has 2 aliphatic heterocycles. The molecule has 0 aromatic carbocycles. The van der Waals surface area contributed by atoms with Gasteiger partial charge in [0.25, 0.3) is 0 Å². The average molecular weight is 267 g/mol. The van der Waals surface area contributed by atoms with Crippen molar-refractivity contribution in [3.8, 4) is 0 Å². The molecule has 0 saturated carbocycles. The number of nitrogens with zero attached hydrogens (tertiary/aromatic N) is 2. The van der Waals surface area contributed by atoms with E-state index in [0.29, 0.717) is 24.4 Å². The van der Waals surface area contributed by atoms with E-state index in [-0.39, 0.29) is 6.04 Å². The van der Waals surface area contributed by atoms with Gasteiger partial charge in [0.2, 0.25) is 5.91 Å². The second-order valence-electron chi connectivity index (χ2n) is 6.29. The highest BCUT2D eigenvalue weighted by Gasteiger charge is 2.30. The summed E-state index contributed by atoms with van der Waals surface area (Å²) in [4.78, 5) is 16.9. The first-order valence-electron chi connectivity index (χ1n) is 7.89. The van der Waals surface area contributed by atoms with Gasteiger partial charge in [0.05, 0.1) is 6.54 Å². The number of amides is 1. The molecule has 2 N–H and O–H groups in total. The van der Waals surface area contributed by atoms with Gasteiger partial charge in [-0.05, 0) is 51.5 Å². The minimum Gasteiger partial charge on any atom is -0.339 e. The molecule has 3 atom stereocenters. The van der Waals surface area contributed by atoms with Crippen molar-refractivity contribution < 1.29 is 4.79 Å². The van der Waals surface area contributed by atoms with Crippen LogP contribution in [0.25, 0.3) is 0 Å². The molecule has 0 spiro atoms. The lowest BCUT2D eigenvalue weighted by atomic mass is 10.00. The summed E-state index contributed by atoms with van der Waals surface area (Å²) in [5.41, 5.74) is 5.96. The Kier molecular flexibility index (Phi) is 5.22. The summed E-state index contributed by atoms with van der Waals surface area (Å²) < 4.78 is 0. The van der Waals surface area contributed by atoms with E-state index in [0.717, 1.165) is 32.5 Å². The summed E-state index contributed by atoms with van der Waals surface area (Å²) in [7, 11) is 0. The summed E-state index contributed by atoms with van der Waals surface area (Å²) in [6.45, 7) is 7.85. The molecule has 2 heterocycles. The fourth-order valence-corrected chi connectivity index (χ4v) is 3.47. The molecule has 0 aromatic rings. The van der Waals surface area contributed by atoms with Crippen LogP contribution in [-0.4, -0.2) is 54.0 Å². The minimum absolute atomic E-state index is 0.249. The van der Waals surface area contributed by atoms with E-state index in [2.05, 4.69) is 23.6 Å². The standard InChI is InChI=1S/C15H29N3O/c1-3-14-6-4-5-8-18(14)15(19)11-17-9-7-13(10-17)12(2)16/h12-14H,3-11,16H2,1-2H3. The van der Waals surface area contributed by atoms with Crippen LogP contribution in [0.1, 0.15) is 46.0 Å². The second-order valence-corrected chi connectivity index (χ2v) is 6.29. The molecule has 110 valence electrons. The summed E-state index contributed by atoms with van der Waals surface area (Å²) in [5.74, 6) is 0.896. The fraction of sp³-hybridized carbons (Fsp3) is 0.933. The highest BCUT2D eigenvalue weighted by atomic mass is 16.2. The van der Waals surface area contributed by atoms with Crippen molar-refractivity contribution in [2.45, 2.75) is 58.0 Å². The number of rotatable bonds is 4. The Morgan fingerprint density at radius 1 is 1.32 bits per heavy atom. The first-order valence-corrected chi connectivity index (χ1v) is 7.89. The number of nitrogens with two attached hydrogens (primary N) is 1. The van der Waals surface area contributed by atoms with Crippen molar-refractivity contribution >= 4 is 5.91 Å². The number of piperidine rings is 1. The third kappa shape index (κ3) is 3.69. The third-order valence-electron chi connectivity index (χ3n) is 4.83. The lowest BCUT2D eigenvalue weighted by molar-refractivity contribution is -0.136. The Bertz CT molecular complexity index is 306. The maximum Gasteiger partial charge on any atom is 0.236 e. The zero-order valence-corrected chi connectivity index (χ0v) is 12.5. The van der Waals surface area contributed by atoms with E-state index in [1.165, 1.54) is 19.3 Å². The Morgan fingerprint density at radius 3 is 2.74 bits per heavy atom. The van der Waals surface area contributed by atoms with Crippen molar-refractivity contribution in [1.82, 2.24) is 9.80 Å². The van der Waals surface area contributed by atoms with Gasteiger partial charge in [-0.15, -0.1) is 0 Å². The van der Waals surface area contributed by atoms with E-state index in [1.54, 1.807) is 0 Å². The third-order valence-corrected chi connectivity index (χ3v) is 4.83. The lowest BCUT2D eigenvalue weighted by Crippen LogP contribution is -2.47. The Hall–Kier alpha value is -0.610. The van der Waals surface area contributed by atoms with Gasteiger partial charge in [0, 0.05) is 25.2 Å². The van der Waals surface area contributed by atoms with Gasteiger partial charge >= 0.3 is 0 Å². The lowest BCUT2D eigenvalue weighted by Gasteiger charge is -2.36. The molecule has 2 rings (SSSR count). The van der Waals surface area contributed by atoms with Gasteiger partial charge in [0.1, 0.15) is 0 Å². The van der Waals surface area contributed by atoms with E-state index in [1.807, 2.05) is 0 Å². The molecule has 0 radical (unpaired) electrons. The van der Waals surface area contributed by atoms with E-state index in [4.69, 9.17) is 5.73 Å². The maximum absolute atomic E-state index is 12.5. The van der Waals surface area contributed by atoms with Crippen molar-refractivity contribution in [2.75, 3.05) is 26.2 Å². The van der Waals surface area contributed by atoms with Crippen LogP contribution in [0, 0.1) is 5.92 Å². The maximum atomic E-state index is 12.5. The summed E-state index contributed by atoms with van der Waals surface area (Å²) in [5, 5.41) is 0. The number of carbonyl (C=O) groups is 1. The highest BCUT2D eigenvalue weighted by molar-refractivity contribution is 5.78. The first kappa shape index (κ1) is 14.8. The number of carbonyl (C=O) groups excluding carboxylic acids is 1. The molecule has 0 aliphatic carbocycles. The Morgan fingerprint density at radius 2 is 2.11 bits per heavy atom. The molecule has 19 heavy (non-hydrogen) atoms. The van der Waals surface area contributed by atoms with Gasteiger partial charge in [-0.25, -0.2) is 0 Å². The normalized spacial score (nSPS) is 30.6. The van der Waals surface area contributed by atoms with Gasteiger partial charge in [-0.1, -0.05) is 6.92 Å². The van der Waals surface area contributed by atoms with Crippen LogP contribution >= 0.6 is 0 Å². The highest BCUT2D eigenvalue weighted by Crippen LogP contribution is 2.22. The van der Waals surface area contributed by atoms with E-state index < -0.39 is 0 Å². The summed E-state index contributed by atoms with van der Waals surface area (Å²) in [6, 6.07) is 0.728. The molecular formula is C15H29N3O. The number of likely N-dealkylation sites (tertiary alicyclic amines) is 2. The van der Waals surface area contributed by atoms with Gasteiger partial charge in [0.15, 0.2) is 0 Å². The van der Waals surface area contributed by atoms with E-state index in [9.17, 15) is 4.79 Å². The molecule has 0 aromatic heterocycles. The van der Waals surface area contributed by atoms with Crippen LogP contribution < -0.4 is 5.73 Å². The molecule has 0 bridgehead atoms. The predicted molar refractivity (Wildman–Crippen MR) is 77.8 cm³/mol. The topological polar surface area (TPSA) is 49.6 Å². The van der Waals surface area contributed by atoms with Crippen molar-refractivity contribution in [3.05, 3.63) is 0 Å². The largest absolute Gasteiger partial charge is 0.339 e. The summed E-state index contributed by atoms with van der Waals surface area (Å²) >= 11 is 0. The molecule has 4 heteroatoms. The van der Waals surface area contributed by atoms with Crippen LogP contribution in [0.2, 0.25) is 0 Å². The minimum atomic E-state index is 0.249. The van der Waals surface area contributed by atoms with Gasteiger partial charge in [-0.2, -0.15) is 0 Å². The van der Waals surface area contributed by atoms with Gasteiger partial charge < -0.3 is 10.6 Å². The van der Waals surface area contributed by atoms with Crippen LogP contribution in [0.3, 0.4) is 0 Å². The molecule has 2 saturated heterocycles.